The summed E-state index contributed by atoms with van der Waals surface area (Å²) in [6.07, 6.45) is 3.22. The standard InChI is InChI=1S/C19H24N4O2S/c1-14(17(24)22-19-20-9-12-26-19)23-10-7-16(8-11-23)18(25)21-13-15-5-3-2-4-6-15/h2-6,9,12,14,16H,7-8,10-11,13H2,1H3,(H,21,25)(H,20,22,24)/t14-/m1/s1. The zero-order valence-electron chi connectivity index (χ0n) is 14.9. The molecule has 0 spiro atoms. The van der Waals surface area contributed by atoms with E-state index in [2.05, 4.69) is 20.5 Å². The third kappa shape index (κ3) is 4.89. The van der Waals surface area contributed by atoms with Gasteiger partial charge in [-0.3, -0.25) is 14.5 Å². The van der Waals surface area contributed by atoms with E-state index in [1.165, 1.54) is 11.3 Å². The van der Waals surface area contributed by atoms with Crippen LogP contribution in [0.15, 0.2) is 41.9 Å². The van der Waals surface area contributed by atoms with E-state index in [1.54, 1.807) is 6.20 Å². The summed E-state index contributed by atoms with van der Waals surface area (Å²) in [6, 6.07) is 9.69. The predicted molar refractivity (Wildman–Crippen MR) is 103 cm³/mol. The first kappa shape index (κ1) is 18.5. The molecule has 3 rings (SSSR count). The van der Waals surface area contributed by atoms with Crippen LogP contribution in [0.25, 0.3) is 0 Å². The summed E-state index contributed by atoms with van der Waals surface area (Å²) in [4.78, 5) is 30.9. The summed E-state index contributed by atoms with van der Waals surface area (Å²) in [5, 5.41) is 8.32. The molecule has 2 amide bonds. The van der Waals surface area contributed by atoms with Crippen molar-refractivity contribution < 1.29 is 9.59 Å². The Balaban J connectivity index is 1.43. The number of anilines is 1. The second-order valence-corrected chi connectivity index (χ2v) is 7.41. The van der Waals surface area contributed by atoms with Crippen LogP contribution < -0.4 is 10.6 Å². The van der Waals surface area contributed by atoms with Crippen LogP contribution in [0, 0.1) is 5.92 Å². The van der Waals surface area contributed by atoms with Crippen LogP contribution in [0.1, 0.15) is 25.3 Å². The fourth-order valence-corrected chi connectivity index (χ4v) is 3.67. The number of amides is 2. The lowest BCUT2D eigenvalue weighted by molar-refractivity contribution is -0.127. The van der Waals surface area contributed by atoms with Crippen LogP contribution in [0.5, 0.6) is 0 Å². The molecule has 0 aliphatic carbocycles. The first-order valence-corrected chi connectivity index (χ1v) is 9.77. The van der Waals surface area contributed by atoms with Crippen molar-refractivity contribution >= 4 is 28.3 Å². The van der Waals surface area contributed by atoms with Crippen molar-refractivity contribution in [3.05, 3.63) is 47.5 Å². The van der Waals surface area contributed by atoms with Crippen molar-refractivity contribution in [2.75, 3.05) is 18.4 Å². The van der Waals surface area contributed by atoms with Crippen molar-refractivity contribution in [1.82, 2.24) is 15.2 Å². The molecule has 6 nitrogen and oxygen atoms in total. The van der Waals surface area contributed by atoms with Crippen LogP contribution in [0.2, 0.25) is 0 Å². The molecule has 1 fully saturated rings. The molecule has 0 radical (unpaired) electrons. The number of nitrogens with zero attached hydrogens (tertiary/aromatic N) is 2. The zero-order valence-corrected chi connectivity index (χ0v) is 15.7. The quantitative estimate of drug-likeness (QED) is 0.817. The largest absolute Gasteiger partial charge is 0.352 e. The third-order valence-electron chi connectivity index (χ3n) is 4.80. The monoisotopic (exact) mass is 372 g/mol. The van der Waals surface area contributed by atoms with Crippen LogP contribution >= 0.6 is 11.3 Å². The highest BCUT2D eigenvalue weighted by molar-refractivity contribution is 7.13. The minimum Gasteiger partial charge on any atom is -0.352 e. The molecule has 0 unspecified atom stereocenters. The van der Waals surface area contributed by atoms with Gasteiger partial charge in [0.15, 0.2) is 5.13 Å². The van der Waals surface area contributed by atoms with Gasteiger partial charge in [-0.05, 0) is 38.4 Å². The second kappa shape index (κ2) is 8.91. The maximum absolute atomic E-state index is 12.4. The van der Waals surface area contributed by atoms with E-state index < -0.39 is 0 Å². The number of thiazole rings is 1. The second-order valence-electron chi connectivity index (χ2n) is 6.52. The number of piperidine rings is 1. The van der Waals surface area contributed by atoms with E-state index in [9.17, 15) is 9.59 Å². The van der Waals surface area contributed by atoms with Gasteiger partial charge in [0.05, 0.1) is 6.04 Å². The molecule has 1 aromatic heterocycles. The Labute approximate surface area is 157 Å². The summed E-state index contributed by atoms with van der Waals surface area (Å²) in [7, 11) is 0. The summed E-state index contributed by atoms with van der Waals surface area (Å²) >= 11 is 1.41. The Morgan fingerprint density at radius 2 is 2.00 bits per heavy atom. The van der Waals surface area contributed by atoms with E-state index in [4.69, 9.17) is 0 Å². The number of carbonyl (C=O) groups excluding carboxylic acids is 2. The van der Waals surface area contributed by atoms with Gasteiger partial charge in [0.25, 0.3) is 0 Å². The smallest absolute Gasteiger partial charge is 0.243 e. The molecule has 2 heterocycles. The van der Waals surface area contributed by atoms with Crippen molar-refractivity contribution in [3.63, 3.8) is 0 Å². The molecular weight excluding hydrogens is 348 g/mol. The molecule has 26 heavy (non-hydrogen) atoms. The number of rotatable bonds is 6. The van der Waals surface area contributed by atoms with Gasteiger partial charge in [-0.25, -0.2) is 4.98 Å². The van der Waals surface area contributed by atoms with Gasteiger partial charge in [-0.15, -0.1) is 11.3 Å². The number of benzene rings is 1. The Kier molecular flexibility index (Phi) is 6.35. The number of hydrogen-bond donors (Lipinski definition) is 2. The summed E-state index contributed by atoms with van der Waals surface area (Å²) in [6.45, 7) is 3.96. The van der Waals surface area contributed by atoms with E-state index in [0.717, 1.165) is 31.5 Å². The Bertz CT molecular complexity index is 712. The van der Waals surface area contributed by atoms with Crippen molar-refractivity contribution in [3.8, 4) is 0 Å². The third-order valence-corrected chi connectivity index (χ3v) is 5.49. The molecule has 2 N–H and O–H groups in total. The van der Waals surface area contributed by atoms with E-state index >= 15 is 0 Å². The summed E-state index contributed by atoms with van der Waals surface area (Å²) in [5.41, 5.74) is 1.10. The van der Waals surface area contributed by atoms with Crippen LogP contribution in [0.4, 0.5) is 5.13 Å². The highest BCUT2D eigenvalue weighted by Gasteiger charge is 2.29. The van der Waals surface area contributed by atoms with E-state index in [-0.39, 0.29) is 23.8 Å². The molecule has 2 aromatic rings. The van der Waals surface area contributed by atoms with Crippen molar-refractivity contribution in [2.45, 2.75) is 32.4 Å². The lowest BCUT2D eigenvalue weighted by Crippen LogP contribution is -2.48. The Morgan fingerprint density at radius 1 is 1.27 bits per heavy atom. The molecule has 1 aromatic carbocycles. The minimum atomic E-state index is -0.229. The van der Waals surface area contributed by atoms with Gasteiger partial charge in [-0.2, -0.15) is 0 Å². The van der Waals surface area contributed by atoms with Gasteiger partial charge >= 0.3 is 0 Å². The molecule has 0 saturated carbocycles. The minimum absolute atomic E-state index is 0.0178. The van der Waals surface area contributed by atoms with Gasteiger partial charge in [0.1, 0.15) is 0 Å². The first-order chi connectivity index (χ1) is 12.6. The number of aromatic nitrogens is 1. The lowest BCUT2D eigenvalue weighted by Gasteiger charge is -2.34. The van der Waals surface area contributed by atoms with E-state index in [1.807, 2.05) is 42.6 Å². The molecule has 1 aliphatic rings. The Hall–Kier alpha value is -2.25. The van der Waals surface area contributed by atoms with Gasteiger partial charge in [0.2, 0.25) is 11.8 Å². The summed E-state index contributed by atoms with van der Waals surface area (Å²) in [5.74, 6) is 0.0736. The normalized spacial score (nSPS) is 16.8. The van der Waals surface area contributed by atoms with E-state index in [0.29, 0.717) is 11.7 Å². The summed E-state index contributed by atoms with van der Waals surface area (Å²) < 4.78 is 0. The Morgan fingerprint density at radius 3 is 2.65 bits per heavy atom. The highest BCUT2D eigenvalue weighted by Crippen LogP contribution is 2.20. The van der Waals surface area contributed by atoms with Crippen LogP contribution in [0.3, 0.4) is 0 Å². The van der Waals surface area contributed by atoms with Gasteiger partial charge < -0.3 is 10.6 Å². The molecule has 138 valence electrons. The molecular formula is C19H24N4O2S. The fourth-order valence-electron chi connectivity index (χ4n) is 3.14. The molecule has 7 heteroatoms. The first-order valence-electron chi connectivity index (χ1n) is 8.89. The number of carbonyl (C=O) groups is 2. The average molecular weight is 372 g/mol. The topological polar surface area (TPSA) is 74.3 Å². The SMILES string of the molecule is C[C@H](C(=O)Nc1nccs1)N1CCC(C(=O)NCc2ccccc2)CC1. The molecule has 0 bridgehead atoms. The maximum Gasteiger partial charge on any atom is 0.243 e. The number of hydrogen-bond acceptors (Lipinski definition) is 5. The van der Waals surface area contributed by atoms with Crippen LogP contribution in [-0.4, -0.2) is 40.8 Å². The molecule has 1 aliphatic heterocycles. The van der Waals surface area contributed by atoms with Gasteiger partial charge in [0, 0.05) is 24.0 Å². The highest BCUT2D eigenvalue weighted by atomic mass is 32.1. The fraction of sp³-hybridized carbons (Fsp3) is 0.421. The lowest BCUT2D eigenvalue weighted by atomic mass is 9.95. The maximum atomic E-state index is 12.4. The van der Waals surface area contributed by atoms with Crippen molar-refractivity contribution in [2.24, 2.45) is 5.92 Å². The van der Waals surface area contributed by atoms with Gasteiger partial charge in [-0.1, -0.05) is 30.3 Å². The number of likely N-dealkylation sites (tertiary alicyclic amines) is 1. The molecule has 1 atom stereocenters. The zero-order chi connectivity index (χ0) is 18.4. The predicted octanol–water partition coefficient (Wildman–Crippen LogP) is 2.50. The van der Waals surface area contributed by atoms with Crippen molar-refractivity contribution in [1.29, 1.82) is 0 Å². The molecule has 1 saturated heterocycles. The van der Waals surface area contributed by atoms with Crippen LogP contribution in [-0.2, 0) is 16.1 Å². The number of nitrogens with one attached hydrogen (secondary N) is 2. The average Bonchev–Trinajstić information content (AvgIpc) is 3.19.